The zero-order valence-electron chi connectivity index (χ0n) is 12.9. The number of methoxy groups -OCH3 is 2. The third kappa shape index (κ3) is 4.99. The number of nitrogens with zero attached hydrogens (tertiary/aromatic N) is 2. The molecule has 21 heavy (non-hydrogen) atoms. The zero-order chi connectivity index (χ0) is 15.7. The van der Waals surface area contributed by atoms with Gasteiger partial charge in [-0.05, 0) is 36.6 Å². The fourth-order valence-corrected chi connectivity index (χ4v) is 2.12. The second kappa shape index (κ2) is 8.85. The van der Waals surface area contributed by atoms with E-state index < -0.39 is 0 Å². The van der Waals surface area contributed by atoms with Gasteiger partial charge in [0.1, 0.15) is 18.0 Å². The summed E-state index contributed by atoms with van der Waals surface area (Å²) in [5, 5.41) is 8.77. The van der Waals surface area contributed by atoms with Crippen molar-refractivity contribution in [1.29, 1.82) is 5.26 Å². The van der Waals surface area contributed by atoms with Crippen LogP contribution in [0.5, 0.6) is 11.5 Å². The van der Waals surface area contributed by atoms with Crippen molar-refractivity contribution in [2.24, 2.45) is 0 Å². The van der Waals surface area contributed by atoms with Crippen LogP contribution in [0.4, 0.5) is 0 Å². The van der Waals surface area contributed by atoms with E-state index >= 15 is 0 Å². The molecular formula is C16H22N2O3. The molecule has 5 heteroatoms. The molecule has 0 fully saturated rings. The molecule has 0 aliphatic heterocycles. The standard InChI is InChI=1S/C16H22N2O3/c1-4-10-18(11-9-17)16(19)8-5-13-12-14(20-2)6-7-15(13)21-3/h6-7,12H,4-5,8,10-11H2,1-3H3. The average molecular weight is 290 g/mol. The number of nitriles is 1. The fourth-order valence-electron chi connectivity index (χ4n) is 2.12. The monoisotopic (exact) mass is 290 g/mol. The van der Waals surface area contributed by atoms with Gasteiger partial charge in [0.25, 0.3) is 0 Å². The van der Waals surface area contributed by atoms with Gasteiger partial charge < -0.3 is 14.4 Å². The highest BCUT2D eigenvalue weighted by atomic mass is 16.5. The minimum absolute atomic E-state index is 0.0109. The van der Waals surface area contributed by atoms with E-state index in [1.54, 1.807) is 19.1 Å². The average Bonchev–Trinajstić information content (AvgIpc) is 2.52. The Labute approximate surface area is 126 Å². The second-order valence-electron chi connectivity index (χ2n) is 4.65. The molecule has 0 atom stereocenters. The largest absolute Gasteiger partial charge is 0.497 e. The molecule has 0 radical (unpaired) electrons. The molecule has 0 saturated carbocycles. The zero-order valence-corrected chi connectivity index (χ0v) is 12.9. The highest BCUT2D eigenvalue weighted by Gasteiger charge is 2.14. The van der Waals surface area contributed by atoms with E-state index in [-0.39, 0.29) is 12.5 Å². The SMILES string of the molecule is CCCN(CC#N)C(=O)CCc1cc(OC)ccc1OC. The summed E-state index contributed by atoms with van der Waals surface area (Å²) in [7, 11) is 3.21. The molecule has 0 N–H and O–H groups in total. The molecule has 0 saturated heterocycles. The quantitative estimate of drug-likeness (QED) is 0.690. The molecule has 0 aliphatic rings. The number of aryl methyl sites for hydroxylation is 1. The Hall–Kier alpha value is -2.22. The number of benzene rings is 1. The normalized spacial score (nSPS) is 9.81. The molecule has 0 spiro atoms. The van der Waals surface area contributed by atoms with E-state index in [0.717, 1.165) is 23.5 Å². The topological polar surface area (TPSA) is 62.6 Å². The summed E-state index contributed by atoms with van der Waals surface area (Å²) in [4.78, 5) is 13.7. The first kappa shape index (κ1) is 16.8. The van der Waals surface area contributed by atoms with Crippen LogP contribution in [0, 0.1) is 11.3 Å². The Balaban J connectivity index is 2.73. The summed E-state index contributed by atoms with van der Waals surface area (Å²) in [6.07, 6.45) is 1.76. The first-order valence-electron chi connectivity index (χ1n) is 7.01. The molecule has 0 aromatic heterocycles. The molecule has 0 bridgehead atoms. The Morgan fingerprint density at radius 3 is 2.67 bits per heavy atom. The van der Waals surface area contributed by atoms with Crippen LogP contribution < -0.4 is 9.47 Å². The van der Waals surface area contributed by atoms with E-state index in [2.05, 4.69) is 0 Å². The lowest BCUT2D eigenvalue weighted by molar-refractivity contribution is -0.130. The van der Waals surface area contributed by atoms with Crippen LogP contribution in [0.2, 0.25) is 0 Å². The van der Waals surface area contributed by atoms with Crippen molar-refractivity contribution in [3.8, 4) is 17.6 Å². The van der Waals surface area contributed by atoms with Crippen molar-refractivity contribution in [3.05, 3.63) is 23.8 Å². The molecular weight excluding hydrogens is 268 g/mol. The van der Waals surface area contributed by atoms with Crippen LogP contribution in [0.3, 0.4) is 0 Å². The van der Waals surface area contributed by atoms with Crippen molar-refractivity contribution in [3.63, 3.8) is 0 Å². The Kier molecular flexibility index (Phi) is 7.10. The maximum absolute atomic E-state index is 12.2. The number of ether oxygens (including phenoxy) is 2. The number of carbonyl (C=O) groups excluding carboxylic acids is 1. The minimum Gasteiger partial charge on any atom is -0.497 e. The molecule has 5 nitrogen and oxygen atoms in total. The van der Waals surface area contributed by atoms with Gasteiger partial charge in [-0.25, -0.2) is 0 Å². The van der Waals surface area contributed by atoms with Crippen molar-refractivity contribution < 1.29 is 14.3 Å². The summed E-state index contributed by atoms with van der Waals surface area (Å²) in [6, 6.07) is 7.56. The van der Waals surface area contributed by atoms with Crippen molar-refractivity contribution in [2.75, 3.05) is 27.3 Å². The van der Waals surface area contributed by atoms with Crippen LogP contribution in [0.25, 0.3) is 0 Å². The van der Waals surface area contributed by atoms with Gasteiger partial charge in [0.05, 0.1) is 20.3 Å². The molecule has 1 aromatic carbocycles. The third-order valence-corrected chi connectivity index (χ3v) is 3.20. The summed E-state index contributed by atoms with van der Waals surface area (Å²) < 4.78 is 10.5. The van der Waals surface area contributed by atoms with Crippen LogP contribution in [-0.2, 0) is 11.2 Å². The van der Waals surface area contributed by atoms with Crippen molar-refractivity contribution in [2.45, 2.75) is 26.2 Å². The lowest BCUT2D eigenvalue weighted by atomic mass is 10.1. The fraction of sp³-hybridized carbons (Fsp3) is 0.500. The molecule has 114 valence electrons. The lowest BCUT2D eigenvalue weighted by Gasteiger charge is -2.19. The lowest BCUT2D eigenvalue weighted by Crippen LogP contribution is -2.32. The molecule has 1 amide bonds. The van der Waals surface area contributed by atoms with E-state index in [1.807, 2.05) is 31.2 Å². The maximum atomic E-state index is 12.2. The van der Waals surface area contributed by atoms with E-state index in [4.69, 9.17) is 14.7 Å². The summed E-state index contributed by atoms with van der Waals surface area (Å²) >= 11 is 0. The highest BCUT2D eigenvalue weighted by Crippen LogP contribution is 2.25. The first-order chi connectivity index (χ1) is 10.2. The summed E-state index contributed by atoms with van der Waals surface area (Å²) in [6.45, 7) is 2.74. The molecule has 0 heterocycles. The van der Waals surface area contributed by atoms with Crippen LogP contribution >= 0.6 is 0 Å². The predicted octanol–water partition coefficient (Wildman–Crippen LogP) is 2.40. The summed E-state index contributed by atoms with van der Waals surface area (Å²) in [5.41, 5.74) is 0.929. The van der Waals surface area contributed by atoms with Crippen molar-refractivity contribution >= 4 is 5.91 Å². The first-order valence-corrected chi connectivity index (χ1v) is 7.01. The number of amides is 1. The smallest absolute Gasteiger partial charge is 0.223 e. The van der Waals surface area contributed by atoms with Gasteiger partial charge in [-0.1, -0.05) is 6.92 Å². The molecule has 0 aliphatic carbocycles. The van der Waals surface area contributed by atoms with Crippen LogP contribution in [-0.4, -0.2) is 38.1 Å². The number of hydrogen-bond acceptors (Lipinski definition) is 4. The van der Waals surface area contributed by atoms with E-state index in [1.165, 1.54) is 0 Å². The van der Waals surface area contributed by atoms with Gasteiger partial charge in [-0.15, -0.1) is 0 Å². The Bertz CT molecular complexity index is 509. The Morgan fingerprint density at radius 1 is 1.33 bits per heavy atom. The molecule has 0 unspecified atom stereocenters. The maximum Gasteiger partial charge on any atom is 0.223 e. The van der Waals surface area contributed by atoms with Gasteiger partial charge in [-0.2, -0.15) is 5.26 Å². The molecule has 1 aromatic rings. The predicted molar refractivity (Wildman–Crippen MR) is 80.4 cm³/mol. The summed E-state index contributed by atoms with van der Waals surface area (Å²) in [5.74, 6) is 1.47. The van der Waals surface area contributed by atoms with Gasteiger partial charge >= 0.3 is 0 Å². The van der Waals surface area contributed by atoms with E-state index in [0.29, 0.717) is 19.4 Å². The number of carbonyl (C=O) groups is 1. The van der Waals surface area contributed by atoms with Gasteiger partial charge in [0.2, 0.25) is 5.91 Å². The van der Waals surface area contributed by atoms with Gasteiger partial charge in [-0.3, -0.25) is 4.79 Å². The number of rotatable bonds is 8. The van der Waals surface area contributed by atoms with E-state index in [9.17, 15) is 4.79 Å². The Morgan fingerprint density at radius 2 is 2.10 bits per heavy atom. The third-order valence-electron chi connectivity index (χ3n) is 3.20. The number of hydrogen-bond donors (Lipinski definition) is 0. The van der Waals surface area contributed by atoms with Crippen LogP contribution in [0.1, 0.15) is 25.3 Å². The van der Waals surface area contributed by atoms with Crippen LogP contribution in [0.15, 0.2) is 18.2 Å². The minimum atomic E-state index is -0.0109. The van der Waals surface area contributed by atoms with Gasteiger partial charge in [0, 0.05) is 13.0 Å². The van der Waals surface area contributed by atoms with Gasteiger partial charge in [0.15, 0.2) is 0 Å². The van der Waals surface area contributed by atoms with Crippen molar-refractivity contribution in [1.82, 2.24) is 4.90 Å². The highest BCUT2D eigenvalue weighted by molar-refractivity contribution is 5.76. The molecule has 1 rings (SSSR count). The second-order valence-corrected chi connectivity index (χ2v) is 4.65.